The van der Waals surface area contributed by atoms with Crippen molar-refractivity contribution in [1.29, 1.82) is 0 Å². The minimum absolute atomic E-state index is 0.0708. The number of hydrogen-bond donors (Lipinski definition) is 3. The van der Waals surface area contributed by atoms with Crippen LogP contribution in [0.1, 0.15) is 18.9 Å². The van der Waals surface area contributed by atoms with Crippen LogP contribution in [-0.4, -0.2) is 33.2 Å². The molecule has 1 heterocycles. The molecular weight excluding hydrogens is 385 g/mol. The first-order valence-electron chi connectivity index (χ1n) is 7.72. The van der Waals surface area contributed by atoms with Crippen molar-refractivity contribution in [1.82, 2.24) is 15.0 Å². The molecule has 0 aliphatic heterocycles. The normalized spacial score (nSPS) is 11.3. The van der Waals surface area contributed by atoms with E-state index < -0.39 is 17.6 Å². The fraction of sp³-hybridized carbons (Fsp3) is 0.333. The van der Waals surface area contributed by atoms with Crippen LogP contribution in [-0.2, 0) is 11.0 Å². The fourth-order valence-corrected chi connectivity index (χ4v) is 2.56. The van der Waals surface area contributed by atoms with Gasteiger partial charge in [0.1, 0.15) is 5.75 Å². The Balaban J connectivity index is 2.11. The maximum Gasteiger partial charge on any atom is 0.416 e. The number of nitrogens with zero attached hydrogens (tertiary/aromatic N) is 3. The van der Waals surface area contributed by atoms with Crippen molar-refractivity contribution in [3.63, 3.8) is 0 Å². The second kappa shape index (κ2) is 8.75. The molecular formula is C15H17F3N6O2S. The Hall–Kier alpha value is -2.76. The highest BCUT2D eigenvalue weighted by molar-refractivity contribution is 7.99. The molecule has 146 valence electrons. The quantitative estimate of drug-likeness (QED) is 0.603. The molecule has 0 spiro atoms. The number of rotatable bonds is 7. The zero-order valence-electron chi connectivity index (χ0n) is 14.2. The number of halogens is 3. The molecule has 2 rings (SSSR count). The number of nitrogen functional groups attached to an aromatic ring is 2. The number of alkyl halides is 3. The van der Waals surface area contributed by atoms with Crippen LogP contribution >= 0.6 is 11.8 Å². The molecule has 5 N–H and O–H groups in total. The smallest absolute Gasteiger partial charge is 0.416 e. The molecule has 1 aromatic heterocycles. The van der Waals surface area contributed by atoms with Gasteiger partial charge in [-0.1, -0.05) is 18.7 Å². The zero-order valence-corrected chi connectivity index (χ0v) is 15.0. The molecule has 0 saturated heterocycles. The van der Waals surface area contributed by atoms with Crippen molar-refractivity contribution in [3.05, 3.63) is 23.8 Å². The number of carbonyl (C=O) groups excluding carboxylic acids is 1. The van der Waals surface area contributed by atoms with Gasteiger partial charge < -0.3 is 21.5 Å². The molecule has 0 radical (unpaired) electrons. The lowest BCUT2D eigenvalue weighted by Gasteiger charge is -2.15. The molecule has 1 amide bonds. The Kier molecular flexibility index (Phi) is 6.66. The van der Waals surface area contributed by atoms with Gasteiger partial charge in [-0.2, -0.15) is 28.1 Å². The number of benzene rings is 1. The van der Waals surface area contributed by atoms with E-state index in [4.69, 9.17) is 16.2 Å². The van der Waals surface area contributed by atoms with Crippen molar-refractivity contribution in [2.24, 2.45) is 0 Å². The first-order chi connectivity index (χ1) is 12.7. The largest absolute Gasteiger partial charge is 0.491 e. The van der Waals surface area contributed by atoms with Gasteiger partial charge in [-0.15, -0.1) is 0 Å². The van der Waals surface area contributed by atoms with Gasteiger partial charge >= 0.3 is 6.18 Å². The van der Waals surface area contributed by atoms with Crippen LogP contribution in [0.4, 0.5) is 30.8 Å². The van der Waals surface area contributed by atoms with Crippen molar-refractivity contribution >= 4 is 35.3 Å². The molecule has 0 fully saturated rings. The summed E-state index contributed by atoms with van der Waals surface area (Å²) in [4.78, 5) is 23.3. The van der Waals surface area contributed by atoms with E-state index in [2.05, 4.69) is 20.3 Å². The monoisotopic (exact) mass is 402 g/mol. The number of aromatic nitrogens is 3. The molecule has 27 heavy (non-hydrogen) atoms. The molecule has 0 bridgehead atoms. The van der Waals surface area contributed by atoms with Crippen molar-refractivity contribution < 1.29 is 22.7 Å². The maximum absolute atomic E-state index is 12.9. The highest BCUT2D eigenvalue weighted by atomic mass is 32.2. The van der Waals surface area contributed by atoms with Crippen molar-refractivity contribution in [2.45, 2.75) is 24.7 Å². The van der Waals surface area contributed by atoms with Gasteiger partial charge in [0.15, 0.2) is 5.16 Å². The van der Waals surface area contributed by atoms with E-state index in [1.54, 1.807) is 0 Å². The third kappa shape index (κ3) is 6.16. The van der Waals surface area contributed by atoms with Crippen LogP contribution in [0, 0.1) is 0 Å². The number of anilines is 3. The topological polar surface area (TPSA) is 129 Å². The van der Waals surface area contributed by atoms with Crippen LogP contribution in [0.2, 0.25) is 0 Å². The molecule has 12 heteroatoms. The minimum atomic E-state index is -4.54. The molecule has 0 aliphatic carbocycles. The number of thioether (sulfide) groups is 1. The van der Waals surface area contributed by atoms with Crippen molar-refractivity contribution in [3.8, 4) is 5.75 Å². The van der Waals surface area contributed by atoms with Crippen LogP contribution in [0.3, 0.4) is 0 Å². The van der Waals surface area contributed by atoms with Gasteiger partial charge in [-0.05, 0) is 24.6 Å². The summed E-state index contributed by atoms with van der Waals surface area (Å²) in [5.41, 5.74) is 9.90. The van der Waals surface area contributed by atoms with Crippen molar-refractivity contribution in [2.75, 3.05) is 29.1 Å². The molecule has 1 aromatic carbocycles. The summed E-state index contributed by atoms with van der Waals surface area (Å²) in [5, 5.41) is 2.54. The predicted molar refractivity (Wildman–Crippen MR) is 95.2 cm³/mol. The lowest BCUT2D eigenvalue weighted by Crippen LogP contribution is -2.17. The lowest BCUT2D eigenvalue weighted by molar-refractivity contribution is -0.137. The average molecular weight is 402 g/mol. The third-order valence-corrected chi connectivity index (χ3v) is 3.87. The van der Waals surface area contributed by atoms with E-state index in [1.165, 1.54) is 6.07 Å². The minimum Gasteiger partial charge on any atom is -0.491 e. The molecule has 8 nitrogen and oxygen atoms in total. The van der Waals surface area contributed by atoms with Gasteiger partial charge in [0.05, 0.1) is 23.6 Å². The summed E-state index contributed by atoms with van der Waals surface area (Å²) < 4.78 is 44.2. The Morgan fingerprint density at radius 3 is 2.48 bits per heavy atom. The first-order valence-corrected chi connectivity index (χ1v) is 8.71. The summed E-state index contributed by atoms with van der Waals surface area (Å²) in [6.45, 7) is 2.15. The molecule has 0 saturated carbocycles. The second-order valence-corrected chi connectivity index (χ2v) is 6.17. The predicted octanol–water partition coefficient (Wildman–Crippen LogP) is 2.57. The Labute approximate surface area is 156 Å². The van der Waals surface area contributed by atoms with E-state index in [0.717, 1.165) is 23.9 Å². The average Bonchev–Trinajstić information content (AvgIpc) is 2.57. The molecule has 0 aliphatic rings. The summed E-state index contributed by atoms with van der Waals surface area (Å²) in [5.74, 6) is -0.793. The Bertz CT molecular complexity index is 798. The van der Waals surface area contributed by atoms with Gasteiger partial charge in [0.25, 0.3) is 0 Å². The Morgan fingerprint density at radius 2 is 1.89 bits per heavy atom. The number of nitrogens with two attached hydrogens (primary N) is 2. The van der Waals surface area contributed by atoms with E-state index in [-0.39, 0.29) is 34.2 Å². The summed E-state index contributed by atoms with van der Waals surface area (Å²) in [7, 11) is 0. The number of nitrogens with one attached hydrogen (secondary N) is 1. The van der Waals surface area contributed by atoms with Gasteiger partial charge in [-0.25, -0.2) is 0 Å². The number of carbonyl (C=O) groups is 1. The van der Waals surface area contributed by atoms with Gasteiger partial charge in [0.2, 0.25) is 17.8 Å². The van der Waals surface area contributed by atoms with Crippen LogP contribution in [0.15, 0.2) is 23.4 Å². The van der Waals surface area contributed by atoms with E-state index >= 15 is 0 Å². The SMILES string of the molecule is CCCOc1ccc(C(F)(F)F)cc1NC(=O)CSc1nc(N)nc(N)n1. The summed E-state index contributed by atoms with van der Waals surface area (Å²) >= 11 is 0.912. The molecule has 2 aromatic rings. The second-order valence-electron chi connectivity index (χ2n) is 5.23. The highest BCUT2D eigenvalue weighted by Crippen LogP contribution is 2.35. The van der Waals surface area contributed by atoms with Crippen LogP contribution in [0.5, 0.6) is 5.75 Å². The van der Waals surface area contributed by atoms with Crippen LogP contribution < -0.4 is 21.5 Å². The lowest BCUT2D eigenvalue weighted by atomic mass is 10.1. The van der Waals surface area contributed by atoms with Gasteiger partial charge in [0, 0.05) is 0 Å². The number of amides is 1. The zero-order chi connectivity index (χ0) is 20.0. The summed E-state index contributed by atoms with van der Waals surface area (Å²) in [6.07, 6.45) is -3.88. The van der Waals surface area contributed by atoms with E-state index in [0.29, 0.717) is 13.0 Å². The standard InChI is InChI=1S/C15H17F3N6O2S/c1-2-5-26-10-4-3-8(15(16,17)18)6-9(10)21-11(25)7-27-14-23-12(19)22-13(20)24-14/h3-4,6H,2,5,7H2,1H3,(H,21,25)(H4,19,20,22,23,24). The molecule has 0 unspecified atom stereocenters. The maximum atomic E-state index is 12.9. The Morgan fingerprint density at radius 1 is 1.22 bits per heavy atom. The fourth-order valence-electron chi connectivity index (χ4n) is 1.91. The molecule has 0 atom stereocenters. The van der Waals surface area contributed by atoms with Crippen LogP contribution in [0.25, 0.3) is 0 Å². The summed E-state index contributed by atoms with van der Waals surface area (Å²) in [6, 6.07) is 2.90. The van der Waals surface area contributed by atoms with Gasteiger partial charge in [-0.3, -0.25) is 4.79 Å². The van der Waals surface area contributed by atoms with E-state index in [9.17, 15) is 18.0 Å². The highest BCUT2D eigenvalue weighted by Gasteiger charge is 2.31. The first kappa shape index (κ1) is 20.6. The third-order valence-electron chi connectivity index (χ3n) is 3.02. The van der Waals surface area contributed by atoms with E-state index in [1.807, 2.05) is 6.92 Å². The number of hydrogen-bond acceptors (Lipinski definition) is 8. The number of ether oxygens (including phenoxy) is 1.